The van der Waals surface area contributed by atoms with Crippen molar-refractivity contribution in [1.29, 1.82) is 0 Å². The molecular formula is C16H19N3O3. The molecule has 2 rings (SSSR count). The zero-order chi connectivity index (χ0) is 15.8. The Balaban J connectivity index is 1.97. The molecule has 0 saturated heterocycles. The number of hydrogen-bond donors (Lipinski definition) is 1. The average Bonchev–Trinajstić information content (AvgIpc) is 2.54. The van der Waals surface area contributed by atoms with Gasteiger partial charge >= 0.3 is 0 Å². The van der Waals surface area contributed by atoms with Gasteiger partial charge < -0.3 is 10.1 Å². The van der Waals surface area contributed by atoms with Crippen LogP contribution in [0.25, 0.3) is 0 Å². The van der Waals surface area contributed by atoms with Crippen molar-refractivity contribution in [3.8, 4) is 0 Å². The first-order chi connectivity index (χ1) is 10.7. The molecule has 1 heterocycles. The monoisotopic (exact) mass is 301 g/mol. The van der Waals surface area contributed by atoms with E-state index in [1.54, 1.807) is 6.07 Å². The van der Waals surface area contributed by atoms with Gasteiger partial charge in [0.2, 0.25) is 0 Å². The maximum absolute atomic E-state index is 10.6. The van der Waals surface area contributed by atoms with Gasteiger partial charge in [-0.1, -0.05) is 31.2 Å². The van der Waals surface area contributed by atoms with Crippen LogP contribution in [-0.2, 0) is 17.9 Å². The molecular weight excluding hydrogens is 282 g/mol. The molecule has 0 aliphatic heterocycles. The van der Waals surface area contributed by atoms with E-state index in [0.717, 1.165) is 24.2 Å². The Kier molecular flexibility index (Phi) is 5.85. The number of anilines is 1. The van der Waals surface area contributed by atoms with E-state index in [4.69, 9.17) is 4.74 Å². The highest BCUT2D eigenvalue weighted by Gasteiger charge is 2.06. The highest BCUT2D eigenvalue weighted by atomic mass is 16.6. The summed E-state index contributed by atoms with van der Waals surface area (Å²) in [5.41, 5.74) is 2.24. The van der Waals surface area contributed by atoms with Gasteiger partial charge in [-0.05, 0) is 23.6 Å². The van der Waals surface area contributed by atoms with Gasteiger partial charge in [0.1, 0.15) is 12.0 Å². The molecule has 1 N–H and O–H groups in total. The fourth-order valence-corrected chi connectivity index (χ4v) is 1.98. The van der Waals surface area contributed by atoms with Gasteiger partial charge in [-0.2, -0.15) is 0 Å². The van der Waals surface area contributed by atoms with E-state index in [-0.39, 0.29) is 5.69 Å². The molecule has 22 heavy (non-hydrogen) atoms. The maximum Gasteiger partial charge on any atom is 0.287 e. The predicted molar refractivity (Wildman–Crippen MR) is 84.6 cm³/mol. The lowest BCUT2D eigenvalue weighted by Gasteiger charge is -2.11. The molecule has 0 aliphatic rings. The van der Waals surface area contributed by atoms with Gasteiger partial charge in [0.15, 0.2) is 0 Å². The van der Waals surface area contributed by atoms with Crippen LogP contribution in [0.15, 0.2) is 42.6 Å². The second-order valence-corrected chi connectivity index (χ2v) is 4.83. The van der Waals surface area contributed by atoms with E-state index < -0.39 is 4.92 Å². The summed E-state index contributed by atoms with van der Waals surface area (Å²) in [7, 11) is 0. The number of aromatic nitrogens is 1. The summed E-state index contributed by atoms with van der Waals surface area (Å²) in [4.78, 5) is 14.2. The first-order valence-electron chi connectivity index (χ1n) is 7.19. The third-order valence-electron chi connectivity index (χ3n) is 3.14. The van der Waals surface area contributed by atoms with E-state index in [1.165, 1.54) is 12.3 Å². The van der Waals surface area contributed by atoms with Crippen molar-refractivity contribution in [2.24, 2.45) is 0 Å². The zero-order valence-electron chi connectivity index (χ0n) is 12.5. The quantitative estimate of drug-likeness (QED) is 0.458. The molecule has 0 bridgehead atoms. The molecule has 0 spiro atoms. The van der Waals surface area contributed by atoms with Gasteiger partial charge in [-0.3, -0.25) is 10.1 Å². The normalized spacial score (nSPS) is 10.4. The molecule has 116 valence electrons. The average molecular weight is 301 g/mol. The van der Waals surface area contributed by atoms with Crippen LogP contribution in [0.4, 0.5) is 11.5 Å². The first kappa shape index (κ1) is 15.9. The van der Waals surface area contributed by atoms with Crippen LogP contribution < -0.4 is 5.32 Å². The molecule has 0 unspecified atom stereocenters. The number of hydrogen-bond acceptors (Lipinski definition) is 5. The first-order valence-corrected chi connectivity index (χ1v) is 7.19. The minimum absolute atomic E-state index is 0.0149. The lowest BCUT2D eigenvalue weighted by atomic mass is 10.1. The highest BCUT2D eigenvalue weighted by Crippen LogP contribution is 2.15. The molecule has 0 amide bonds. The second kappa shape index (κ2) is 8.09. The minimum Gasteiger partial charge on any atom is -0.377 e. The van der Waals surface area contributed by atoms with Crippen LogP contribution >= 0.6 is 0 Å². The minimum atomic E-state index is -0.461. The van der Waals surface area contributed by atoms with Crippen molar-refractivity contribution >= 4 is 11.5 Å². The standard InChI is InChI=1S/C16H19N3O3/c1-2-9-22-12-14-6-4-3-5-13(14)10-17-16-8-7-15(11-18-16)19(20)21/h3-8,11H,2,9-10,12H2,1H3,(H,17,18). The number of ether oxygens (including phenoxy) is 1. The van der Waals surface area contributed by atoms with Crippen molar-refractivity contribution in [2.45, 2.75) is 26.5 Å². The van der Waals surface area contributed by atoms with Crippen molar-refractivity contribution < 1.29 is 9.66 Å². The summed E-state index contributed by atoms with van der Waals surface area (Å²) < 4.78 is 5.59. The van der Waals surface area contributed by atoms with Crippen LogP contribution in [-0.4, -0.2) is 16.5 Å². The van der Waals surface area contributed by atoms with Gasteiger partial charge in [0.05, 0.1) is 11.5 Å². The fraction of sp³-hybridized carbons (Fsp3) is 0.312. The Labute approximate surface area is 129 Å². The summed E-state index contributed by atoms with van der Waals surface area (Å²) in [6, 6.07) is 11.1. The number of nitrogens with one attached hydrogen (secondary N) is 1. The van der Waals surface area contributed by atoms with Crippen molar-refractivity contribution in [3.05, 3.63) is 63.8 Å². The fourth-order valence-electron chi connectivity index (χ4n) is 1.98. The van der Waals surface area contributed by atoms with Crippen LogP contribution in [0.5, 0.6) is 0 Å². The SMILES string of the molecule is CCCOCc1ccccc1CNc1ccc([N+](=O)[O-])cn1. The van der Waals surface area contributed by atoms with Gasteiger partial charge in [-0.25, -0.2) is 4.98 Å². The summed E-state index contributed by atoms with van der Waals surface area (Å²) in [5, 5.41) is 13.8. The van der Waals surface area contributed by atoms with E-state index in [1.807, 2.05) is 24.3 Å². The van der Waals surface area contributed by atoms with Gasteiger partial charge in [-0.15, -0.1) is 0 Å². The van der Waals surface area contributed by atoms with E-state index in [2.05, 4.69) is 17.2 Å². The van der Waals surface area contributed by atoms with Crippen LogP contribution in [0.3, 0.4) is 0 Å². The Bertz CT molecular complexity index is 614. The third kappa shape index (κ3) is 4.53. The zero-order valence-corrected chi connectivity index (χ0v) is 12.5. The molecule has 0 fully saturated rings. The number of benzene rings is 1. The van der Waals surface area contributed by atoms with Crippen molar-refractivity contribution in [1.82, 2.24) is 4.98 Å². The Morgan fingerprint density at radius 1 is 1.23 bits per heavy atom. The van der Waals surface area contributed by atoms with E-state index >= 15 is 0 Å². The van der Waals surface area contributed by atoms with Gasteiger partial charge in [0, 0.05) is 19.2 Å². The summed E-state index contributed by atoms with van der Waals surface area (Å²) in [6.45, 7) is 4.00. The highest BCUT2D eigenvalue weighted by molar-refractivity contribution is 5.41. The Hall–Kier alpha value is -2.47. The molecule has 0 aliphatic carbocycles. The summed E-state index contributed by atoms with van der Waals surface area (Å²) in [6.07, 6.45) is 2.24. The maximum atomic E-state index is 10.6. The third-order valence-corrected chi connectivity index (χ3v) is 3.14. The Morgan fingerprint density at radius 2 is 2.00 bits per heavy atom. The summed E-state index contributed by atoms with van der Waals surface area (Å²) >= 11 is 0. The molecule has 6 nitrogen and oxygen atoms in total. The molecule has 0 radical (unpaired) electrons. The topological polar surface area (TPSA) is 77.3 Å². The molecule has 2 aromatic rings. The van der Waals surface area contributed by atoms with E-state index in [0.29, 0.717) is 19.0 Å². The smallest absolute Gasteiger partial charge is 0.287 e. The number of pyridine rings is 1. The van der Waals surface area contributed by atoms with Gasteiger partial charge in [0.25, 0.3) is 5.69 Å². The van der Waals surface area contributed by atoms with Crippen molar-refractivity contribution in [3.63, 3.8) is 0 Å². The van der Waals surface area contributed by atoms with E-state index in [9.17, 15) is 10.1 Å². The lowest BCUT2D eigenvalue weighted by Crippen LogP contribution is -2.05. The summed E-state index contributed by atoms with van der Waals surface area (Å²) in [5.74, 6) is 0.606. The predicted octanol–water partition coefficient (Wildman–Crippen LogP) is 3.53. The van der Waals surface area contributed by atoms with Crippen LogP contribution in [0, 0.1) is 10.1 Å². The molecule has 0 saturated carbocycles. The lowest BCUT2D eigenvalue weighted by molar-refractivity contribution is -0.385. The molecule has 1 aromatic carbocycles. The Morgan fingerprint density at radius 3 is 2.64 bits per heavy atom. The molecule has 6 heteroatoms. The molecule has 1 aromatic heterocycles. The number of nitrogens with zero attached hydrogens (tertiary/aromatic N) is 2. The molecule has 0 atom stereocenters. The number of nitro groups is 1. The van der Waals surface area contributed by atoms with Crippen molar-refractivity contribution in [2.75, 3.05) is 11.9 Å². The van der Waals surface area contributed by atoms with Crippen LogP contribution in [0.2, 0.25) is 0 Å². The second-order valence-electron chi connectivity index (χ2n) is 4.83. The largest absolute Gasteiger partial charge is 0.377 e. The number of rotatable bonds is 8. The van der Waals surface area contributed by atoms with Crippen LogP contribution in [0.1, 0.15) is 24.5 Å².